The highest BCUT2D eigenvalue weighted by atomic mass is 15.1. The van der Waals surface area contributed by atoms with Gasteiger partial charge < -0.3 is 0 Å². The molecule has 0 aliphatic heterocycles. The van der Waals surface area contributed by atoms with Crippen molar-refractivity contribution in [2.24, 2.45) is 15.0 Å². The number of benzene rings is 3. The van der Waals surface area contributed by atoms with Gasteiger partial charge in [0.15, 0.2) is 0 Å². The fourth-order valence-electron chi connectivity index (χ4n) is 3.06. The summed E-state index contributed by atoms with van der Waals surface area (Å²) in [7, 11) is 0. The zero-order valence-electron chi connectivity index (χ0n) is 17.9. The molecule has 0 heterocycles. The zero-order valence-corrected chi connectivity index (χ0v) is 17.9. The molecular weight excluding hydrogens is 380 g/mol. The summed E-state index contributed by atoms with van der Waals surface area (Å²) in [6.07, 6.45) is 5.83. The number of hydrogen-bond acceptors (Lipinski definition) is 4. The van der Waals surface area contributed by atoms with Crippen LogP contribution in [0.4, 0.5) is 0 Å². The lowest BCUT2D eigenvalue weighted by atomic mass is 10.2. The van der Waals surface area contributed by atoms with Crippen molar-refractivity contribution in [3.8, 4) is 0 Å². The van der Waals surface area contributed by atoms with E-state index in [0.717, 1.165) is 56.0 Å². The van der Waals surface area contributed by atoms with Crippen molar-refractivity contribution in [3.05, 3.63) is 108 Å². The first-order valence-corrected chi connectivity index (χ1v) is 10.8. The van der Waals surface area contributed by atoms with Gasteiger partial charge in [-0.25, -0.2) is 0 Å². The normalized spacial score (nSPS) is 11.9. The molecule has 0 saturated heterocycles. The molecule has 0 spiro atoms. The number of hydrogen-bond donors (Lipinski definition) is 0. The van der Waals surface area contributed by atoms with E-state index in [1.165, 1.54) is 0 Å². The van der Waals surface area contributed by atoms with E-state index < -0.39 is 0 Å². The van der Waals surface area contributed by atoms with Crippen LogP contribution < -0.4 is 0 Å². The summed E-state index contributed by atoms with van der Waals surface area (Å²) in [6.45, 7) is 4.97. The summed E-state index contributed by atoms with van der Waals surface area (Å²) in [6, 6.07) is 30.6. The van der Waals surface area contributed by atoms with Gasteiger partial charge in [-0.1, -0.05) is 91.0 Å². The first-order valence-electron chi connectivity index (χ1n) is 10.8. The highest BCUT2D eigenvalue weighted by Gasteiger charge is 2.03. The second kappa shape index (κ2) is 13.8. The molecule has 3 rings (SSSR count). The minimum atomic E-state index is 0.764. The molecule has 0 aliphatic carbocycles. The summed E-state index contributed by atoms with van der Waals surface area (Å²) in [5.74, 6) is 0. The number of rotatable bonds is 12. The summed E-state index contributed by atoms with van der Waals surface area (Å²) in [4.78, 5) is 16.2. The number of aliphatic imine (C=N–C) groups is 3. The average Bonchev–Trinajstić information content (AvgIpc) is 2.83. The minimum Gasteiger partial charge on any atom is -0.298 e. The highest BCUT2D eigenvalue weighted by Crippen LogP contribution is 1.98. The summed E-state index contributed by atoms with van der Waals surface area (Å²) < 4.78 is 0. The van der Waals surface area contributed by atoms with E-state index in [1.807, 2.05) is 73.2 Å². The number of nitrogens with zero attached hydrogens (tertiary/aromatic N) is 4. The Morgan fingerprint density at radius 3 is 1.03 bits per heavy atom. The van der Waals surface area contributed by atoms with Gasteiger partial charge in [-0.3, -0.25) is 19.9 Å². The second-order valence-corrected chi connectivity index (χ2v) is 7.18. The van der Waals surface area contributed by atoms with Crippen molar-refractivity contribution in [3.63, 3.8) is 0 Å². The molecule has 0 unspecified atom stereocenters. The van der Waals surface area contributed by atoms with Gasteiger partial charge in [0.05, 0.1) is 19.6 Å². The van der Waals surface area contributed by atoms with Gasteiger partial charge in [0.25, 0.3) is 0 Å². The SMILES string of the molecule is C(=N\CCN(CC/N=C/c1ccccc1)CC/N=C/c1ccccc1)/c1ccccc1. The molecule has 0 aliphatic rings. The van der Waals surface area contributed by atoms with Gasteiger partial charge in [-0.05, 0) is 16.7 Å². The predicted octanol–water partition coefficient (Wildman–Crippen LogP) is 4.65. The van der Waals surface area contributed by atoms with Crippen molar-refractivity contribution in [2.45, 2.75) is 0 Å². The van der Waals surface area contributed by atoms with E-state index in [-0.39, 0.29) is 0 Å². The largest absolute Gasteiger partial charge is 0.298 e. The molecule has 0 atom stereocenters. The molecule has 4 nitrogen and oxygen atoms in total. The Balaban J connectivity index is 1.47. The van der Waals surface area contributed by atoms with Crippen LogP contribution in [0, 0.1) is 0 Å². The van der Waals surface area contributed by atoms with E-state index in [1.54, 1.807) is 0 Å². The Labute approximate surface area is 185 Å². The Morgan fingerprint density at radius 1 is 0.452 bits per heavy atom. The van der Waals surface area contributed by atoms with Crippen LogP contribution in [0.3, 0.4) is 0 Å². The van der Waals surface area contributed by atoms with E-state index in [4.69, 9.17) is 0 Å². The maximum atomic E-state index is 4.59. The predicted molar refractivity (Wildman–Crippen MR) is 133 cm³/mol. The van der Waals surface area contributed by atoms with Crippen molar-refractivity contribution < 1.29 is 0 Å². The maximum absolute atomic E-state index is 4.59. The first kappa shape index (κ1) is 22.3. The summed E-state index contributed by atoms with van der Waals surface area (Å²) >= 11 is 0. The quantitative estimate of drug-likeness (QED) is 0.401. The molecule has 31 heavy (non-hydrogen) atoms. The van der Waals surface area contributed by atoms with Crippen LogP contribution in [-0.2, 0) is 0 Å². The minimum absolute atomic E-state index is 0.764. The lowest BCUT2D eigenvalue weighted by Gasteiger charge is -2.19. The molecule has 158 valence electrons. The molecule has 0 amide bonds. The Kier molecular flexibility index (Phi) is 9.92. The van der Waals surface area contributed by atoms with Crippen molar-refractivity contribution >= 4 is 18.6 Å². The molecule has 3 aromatic rings. The standard InChI is InChI=1S/C27H30N4/c1-4-10-25(11-5-1)22-28-16-19-31(20-17-29-23-26-12-6-2-7-13-26)21-18-30-24-27-14-8-3-9-15-27/h1-15,22-24H,16-21H2/b28-22+,29-23+,30-24+. The lowest BCUT2D eigenvalue weighted by molar-refractivity contribution is 0.298. The monoisotopic (exact) mass is 410 g/mol. The van der Waals surface area contributed by atoms with Gasteiger partial charge in [0, 0.05) is 38.3 Å². The first-order chi connectivity index (χ1) is 15.4. The van der Waals surface area contributed by atoms with E-state index in [0.29, 0.717) is 0 Å². The van der Waals surface area contributed by atoms with Crippen LogP contribution in [0.5, 0.6) is 0 Å². The average molecular weight is 411 g/mol. The topological polar surface area (TPSA) is 40.3 Å². The van der Waals surface area contributed by atoms with Crippen LogP contribution in [0.25, 0.3) is 0 Å². The van der Waals surface area contributed by atoms with E-state index in [2.05, 4.69) is 56.3 Å². The van der Waals surface area contributed by atoms with Crippen LogP contribution >= 0.6 is 0 Å². The Hall–Kier alpha value is -3.37. The van der Waals surface area contributed by atoms with Crippen molar-refractivity contribution in [2.75, 3.05) is 39.3 Å². The van der Waals surface area contributed by atoms with Crippen LogP contribution in [0.15, 0.2) is 106 Å². The van der Waals surface area contributed by atoms with Gasteiger partial charge in [-0.15, -0.1) is 0 Å². The van der Waals surface area contributed by atoms with Gasteiger partial charge >= 0.3 is 0 Å². The Bertz CT molecular complexity index is 808. The van der Waals surface area contributed by atoms with Crippen molar-refractivity contribution in [1.82, 2.24) is 4.90 Å². The lowest BCUT2D eigenvalue weighted by Crippen LogP contribution is -2.31. The molecule has 0 radical (unpaired) electrons. The van der Waals surface area contributed by atoms with Crippen LogP contribution in [0.1, 0.15) is 16.7 Å². The van der Waals surface area contributed by atoms with E-state index in [9.17, 15) is 0 Å². The molecular formula is C27H30N4. The maximum Gasteiger partial charge on any atom is 0.0517 e. The summed E-state index contributed by atoms with van der Waals surface area (Å²) in [5, 5.41) is 0. The molecule has 0 aromatic heterocycles. The highest BCUT2D eigenvalue weighted by molar-refractivity contribution is 5.80. The molecule has 0 N–H and O–H groups in total. The fraction of sp³-hybridized carbons (Fsp3) is 0.222. The third-order valence-corrected chi connectivity index (χ3v) is 4.76. The molecule has 0 saturated carbocycles. The molecule has 3 aromatic carbocycles. The second-order valence-electron chi connectivity index (χ2n) is 7.18. The third kappa shape index (κ3) is 9.32. The van der Waals surface area contributed by atoms with E-state index >= 15 is 0 Å². The molecule has 0 fully saturated rings. The molecule has 0 bridgehead atoms. The van der Waals surface area contributed by atoms with Crippen LogP contribution in [0.2, 0.25) is 0 Å². The van der Waals surface area contributed by atoms with Crippen LogP contribution in [-0.4, -0.2) is 62.8 Å². The zero-order chi connectivity index (χ0) is 21.4. The molecule has 4 heteroatoms. The summed E-state index contributed by atoms with van der Waals surface area (Å²) in [5.41, 5.74) is 3.40. The van der Waals surface area contributed by atoms with Gasteiger partial charge in [-0.2, -0.15) is 0 Å². The van der Waals surface area contributed by atoms with Gasteiger partial charge in [0.1, 0.15) is 0 Å². The van der Waals surface area contributed by atoms with Gasteiger partial charge in [0.2, 0.25) is 0 Å². The smallest absolute Gasteiger partial charge is 0.0517 e. The fourth-order valence-corrected chi connectivity index (χ4v) is 3.06. The Morgan fingerprint density at radius 2 is 0.742 bits per heavy atom. The van der Waals surface area contributed by atoms with Crippen molar-refractivity contribution in [1.29, 1.82) is 0 Å². The third-order valence-electron chi connectivity index (χ3n) is 4.76.